The van der Waals surface area contributed by atoms with Gasteiger partial charge in [-0.3, -0.25) is 4.98 Å². The smallest absolute Gasteiger partial charge is 0.317 e. The Kier molecular flexibility index (Phi) is 5.26. The van der Waals surface area contributed by atoms with Crippen LogP contribution in [0.25, 0.3) is 0 Å². The third-order valence-corrected chi connectivity index (χ3v) is 4.75. The van der Waals surface area contributed by atoms with Gasteiger partial charge in [-0.25, -0.2) is 13.6 Å². The molecule has 1 fully saturated rings. The van der Waals surface area contributed by atoms with E-state index in [9.17, 15) is 13.6 Å². The topological polar surface area (TPSA) is 45.2 Å². The molecule has 1 atom stereocenters. The van der Waals surface area contributed by atoms with Crippen LogP contribution in [0, 0.1) is 11.6 Å². The van der Waals surface area contributed by atoms with E-state index in [-0.39, 0.29) is 11.6 Å². The van der Waals surface area contributed by atoms with Crippen LogP contribution in [0.1, 0.15) is 42.9 Å². The van der Waals surface area contributed by atoms with Gasteiger partial charge in [0.15, 0.2) is 11.6 Å². The number of carbonyl (C=O) groups is 1. The maximum absolute atomic E-state index is 13.8. The first-order chi connectivity index (χ1) is 12.1. The fraction of sp³-hybridized carbons (Fsp3) is 0.368. The lowest BCUT2D eigenvalue weighted by atomic mass is 9.90. The molecule has 1 saturated heterocycles. The zero-order valence-corrected chi connectivity index (χ0v) is 14.1. The van der Waals surface area contributed by atoms with Crippen LogP contribution in [0.5, 0.6) is 0 Å². The number of piperidine rings is 1. The molecule has 0 saturated carbocycles. The van der Waals surface area contributed by atoms with E-state index in [1.165, 1.54) is 17.7 Å². The molecule has 1 aliphatic heterocycles. The number of nitrogens with zero attached hydrogens (tertiary/aromatic N) is 2. The monoisotopic (exact) mass is 345 g/mol. The van der Waals surface area contributed by atoms with E-state index >= 15 is 0 Å². The second kappa shape index (κ2) is 7.59. The van der Waals surface area contributed by atoms with Crippen molar-refractivity contribution in [3.05, 3.63) is 65.5 Å². The molecule has 4 nitrogen and oxygen atoms in total. The van der Waals surface area contributed by atoms with Gasteiger partial charge in [-0.05, 0) is 49.4 Å². The van der Waals surface area contributed by atoms with Gasteiger partial charge in [-0.2, -0.15) is 0 Å². The van der Waals surface area contributed by atoms with E-state index in [0.29, 0.717) is 19.0 Å². The van der Waals surface area contributed by atoms with E-state index in [0.717, 1.165) is 18.9 Å². The fourth-order valence-electron chi connectivity index (χ4n) is 3.26. The highest BCUT2D eigenvalue weighted by molar-refractivity contribution is 5.74. The molecule has 0 bridgehead atoms. The van der Waals surface area contributed by atoms with Crippen LogP contribution in [-0.2, 0) is 0 Å². The van der Waals surface area contributed by atoms with Gasteiger partial charge in [0.05, 0.1) is 6.04 Å². The number of hydrogen-bond acceptors (Lipinski definition) is 2. The van der Waals surface area contributed by atoms with E-state index < -0.39 is 17.7 Å². The number of halogens is 2. The molecule has 1 aromatic carbocycles. The highest BCUT2D eigenvalue weighted by Gasteiger charge is 2.25. The SMILES string of the molecule is CC(NC(=O)N1CCC(c2ccncc2)CC1)c1cccc(F)c1F. The molecule has 0 radical (unpaired) electrons. The van der Waals surface area contributed by atoms with Gasteiger partial charge in [0.2, 0.25) is 0 Å². The van der Waals surface area contributed by atoms with Crippen LogP contribution in [0.2, 0.25) is 0 Å². The summed E-state index contributed by atoms with van der Waals surface area (Å²) in [6.45, 7) is 2.92. The number of nitrogens with one attached hydrogen (secondary N) is 1. The number of rotatable bonds is 3. The van der Waals surface area contributed by atoms with Crippen molar-refractivity contribution in [1.82, 2.24) is 15.2 Å². The van der Waals surface area contributed by atoms with Crippen LogP contribution >= 0.6 is 0 Å². The minimum Gasteiger partial charge on any atom is -0.331 e. The first kappa shape index (κ1) is 17.3. The van der Waals surface area contributed by atoms with E-state index in [1.54, 1.807) is 24.2 Å². The number of aromatic nitrogens is 1. The second-order valence-corrected chi connectivity index (χ2v) is 6.36. The molecule has 6 heteroatoms. The van der Waals surface area contributed by atoms with Gasteiger partial charge in [0, 0.05) is 31.0 Å². The molecule has 1 N–H and O–H groups in total. The maximum Gasteiger partial charge on any atom is 0.317 e. The quantitative estimate of drug-likeness (QED) is 0.913. The molecule has 0 spiro atoms. The largest absolute Gasteiger partial charge is 0.331 e. The summed E-state index contributed by atoms with van der Waals surface area (Å²) in [6.07, 6.45) is 5.31. The maximum atomic E-state index is 13.8. The summed E-state index contributed by atoms with van der Waals surface area (Å²) in [6, 6.07) is 7.17. The Morgan fingerprint density at radius 2 is 1.88 bits per heavy atom. The molecule has 2 aromatic rings. The van der Waals surface area contributed by atoms with Crippen molar-refractivity contribution in [2.75, 3.05) is 13.1 Å². The minimum absolute atomic E-state index is 0.153. The van der Waals surface area contributed by atoms with Crippen molar-refractivity contribution in [3.63, 3.8) is 0 Å². The molecular weight excluding hydrogens is 324 g/mol. The average molecular weight is 345 g/mol. The summed E-state index contributed by atoms with van der Waals surface area (Å²) in [7, 11) is 0. The van der Waals surface area contributed by atoms with Gasteiger partial charge in [0.25, 0.3) is 0 Å². The molecule has 1 unspecified atom stereocenters. The summed E-state index contributed by atoms with van der Waals surface area (Å²) in [5.74, 6) is -1.39. The Bertz CT molecular complexity index is 731. The summed E-state index contributed by atoms with van der Waals surface area (Å²) < 4.78 is 27.2. The van der Waals surface area contributed by atoms with Crippen molar-refractivity contribution < 1.29 is 13.6 Å². The molecule has 2 amide bonds. The number of likely N-dealkylation sites (tertiary alicyclic amines) is 1. The molecule has 0 aliphatic carbocycles. The van der Waals surface area contributed by atoms with Crippen LogP contribution in [0.3, 0.4) is 0 Å². The normalized spacial score (nSPS) is 16.5. The molecule has 3 rings (SSSR count). The van der Waals surface area contributed by atoms with Crippen molar-refractivity contribution in [2.45, 2.75) is 31.7 Å². The molecular formula is C19H21F2N3O. The summed E-state index contributed by atoms with van der Waals surface area (Å²) >= 11 is 0. The highest BCUT2D eigenvalue weighted by atomic mass is 19.2. The first-order valence-electron chi connectivity index (χ1n) is 8.45. The third kappa shape index (κ3) is 3.95. The Balaban J connectivity index is 1.57. The van der Waals surface area contributed by atoms with Crippen LogP contribution in [-0.4, -0.2) is 29.0 Å². The molecule has 1 aliphatic rings. The Labute approximate surface area is 145 Å². The van der Waals surface area contributed by atoms with Gasteiger partial charge >= 0.3 is 6.03 Å². The lowest BCUT2D eigenvalue weighted by Crippen LogP contribution is -2.45. The van der Waals surface area contributed by atoms with Crippen molar-refractivity contribution in [3.8, 4) is 0 Å². The van der Waals surface area contributed by atoms with Crippen molar-refractivity contribution in [1.29, 1.82) is 0 Å². The summed E-state index contributed by atoms with van der Waals surface area (Å²) in [5, 5.41) is 2.76. The Hall–Kier alpha value is -2.50. The van der Waals surface area contributed by atoms with Gasteiger partial charge in [-0.15, -0.1) is 0 Å². The zero-order chi connectivity index (χ0) is 17.8. The van der Waals surface area contributed by atoms with Crippen LogP contribution < -0.4 is 5.32 Å². The van der Waals surface area contributed by atoms with Gasteiger partial charge in [0.1, 0.15) is 0 Å². The van der Waals surface area contributed by atoms with Crippen LogP contribution in [0.4, 0.5) is 13.6 Å². The number of hydrogen-bond donors (Lipinski definition) is 1. The molecule has 1 aromatic heterocycles. The number of benzene rings is 1. The lowest BCUT2D eigenvalue weighted by Gasteiger charge is -2.33. The molecule has 2 heterocycles. The fourth-order valence-corrected chi connectivity index (χ4v) is 3.26. The predicted octanol–water partition coefficient (Wildman–Crippen LogP) is 4.01. The number of urea groups is 1. The number of carbonyl (C=O) groups excluding carboxylic acids is 1. The van der Waals surface area contributed by atoms with E-state index in [4.69, 9.17) is 0 Å². The minimum atomic E-state index is -0.910. The highest BCUT2D eigenvalue weighted by Crippen LogP contribution is 2.28. The standard InChI is InChI=1S/C19H21F2N3O/c1-13(16-3-2-4-17(20)18(16)21)23-19(25)24-11-7-15(8-12-24)14-5-9-22-10-6-14/h2-6,9-10,13,15H,7-8,11-12H2,1H3,(H,23,25). The van der Waals surface area contributed by atoms with E-state index in [1.807, 2.05) is 12.1 Å². The second-order valence-electron chi connectivity index (χ2n) is 6.36. The average Bonchev–Trinajstić information content (AvgIpc) is 2.64. The first-order valence-corrected chi connectivity index (χ1v) is 8.45. The van der Waals surface area contributed by atoms with Gasteiger partial charge < -0.3 is 10.2 Å². The van der Waals surface area contributed by atoms with Crippen LogP contribution in [0.15, 0.2) is 42.7 Å². The summed E-state index contributed by atoms with van der Waals surface area (Å²) in [4.78, 5) is 18.2. The summed E-state index contributed by atoms with van der Waals surface area (Å²) in [5.41, 5.74) is 1.39. The number of amides is 2. The molecule has 132 valence electrons. The van der Waals surface area contributed by atoms with Gasteiger partial charge in [-0.1, -0.05) is 12.1 Å². The predicted molar refractivity (Wildman–Crippen MR) is 91.1 cm³/mol. The van der Waals surface area contributed by atoms with Crippen molar-refractivity contribution in [2.24, 2.45) is 0 Å². The Morgan fingerprint density at radius 3 is 2.56 bits per heavy atom. The van der Waals surface area contributed by atoms with Crippen molar-refractivity contribution >= 4 is 6.03 Å². The molecule has 25 heavy (non-hydrogen) atoms. The Morgan fingerprint density at radius 1 is 1.20 bits per heavy atom. The van der Waals surface area contributed by atoms with E-state index in [2.05, 4.69) is 10.3 Å². The lowest BCUT2D eigenvalue weighted by molar-refractivity contribution is 0.178. The zero-order valence-electron chi connectivity index (χ0n) is 14.1. The third-order valence-electron chi connectivity index (χ3n) is 4.75. The number of pyridine rings is 1.